The molecule has 1 atom stereocenters. The van der Waals surface area contributed by atoms with E-state index in [1.165, 1.54) is 12.0 Å². The van der Waals surface area contributed by atoms with E-state index < -0.39 is 5.60 Å². The highest BCUT2D eigenvalue weighted by molar-refractivity contribution is 5.20. The average Bonchev–Trinajstić information content (AvgIpc) is 2.69. The smallest absolute Gasteiger partial charge is 0.0745 e. The minimum atomic E-state index is -0.516. The summed E-state index contributed by atoms with van der Waals surface area (Å²) < 4.78 is 5.49. The van der Waals surface area contributed by atoms with Crippen LogP contribution in [0.25, 0.3) is 0 Å². The van der Waals surface area contributed by atoms with Crippen molar-refractivity contribution in [3.05, 3.63) is 35.9 Å². The molecule has 1 saturated heterocycles. The summed E-state index contributed by atoms with van der Waals surface area (Å²) in [6, 6.07) is 10.4. The molecule has 1 N–H and O–H groups in total. The molecule has 1 aliphatic carbocycles. The molecule has 0 bridgehead atoms. The summed E-state index contributed by atoms with van der Waals surface area (Å²) in [4.78, 5) is 0. The summed E-state index contributed by atoms with van der Waals surface area (Å²) >= 11 is 0. The molecule has 0 amide bonds. The Balaban J connectivity index is 1.83. The molecule has 1 aliphatic heterocycles. The summed E-state index contributed by atoms with van der Waals surface area (Å²) in [6.07, 6.45) is 6.12. The highest BCUT2D eigenvalue weighted by atomic mass is 16.5. The molecule has 2 heteroatoms. The lowest BCUT2D eigenvalue weighted by atomic mass is 9.67. The first-order chi connectivity index (χ1) is 8.74. The van der Waals surface area contributed by atoms with Crippen LogP contribution in [0.15, 0.2) is 30.3 Å². The number of aliphatic hydroxyl groups is 1. The summed E-state index contributed by atoms with van der Waals surface area (Å²) in [5, 5.41) is 11.2. The van der Waals surface area contributed by atoms with Gasteiger partial charge in [-0.1, -0.05) is 30.3 Å². The number of benzene rings is 1. The van der Waals surface area contributed by atoms with E-state index in [2.05, 4.69) is 24.3 Å². The molecule has 1 heterocycles. The van der Waals surface area contributed by atoms with Crippen molar-refractivity contribution >= 4 is 0 Å². The zero-order valence-electron chi connectivity index (χ0n) is 10.9. The monoisotopic (exact) mass is 246 g/mol. The molecule has 0 aromatic heterocycles. The van der Waals surface area contributed by atoms with Gasteiger partial charge in [0.15, 0.2) is 0 Å². The van der Waals surface area contributed by atoms with Gasteiger partial charge in [-0.2, -0.15) is 0 Å². The summed E-state index contributed by atoms with van der Waals surface area (Å²) in [6.45, 7) is 1.63. The number of hydrogen-bond donors (Lipinski definition) is 1. The van der Waals surface area contributed by atoms with Crippen LogP contribution < -0.4 is 0 Å². The Morgan fingerprint density at radius 2 is 1.72 bits per heavy atom. The Labute approximate surface area is 109 Å². The van der Waals surface area contributed by atoms with Crippen LogP contribution in [0, 0.1) is 5.41 Å². The second kappa shape index (κ2) is 4.67. The SMILES string of the molecule is OC1(Cc2ccccc2)CCCC12CCOCC2. The van der Waals surface area contributed by atoms with Gasteiger partial charge >= 0.3 is 0 Å². The summed E-state index contributed by atoms with van der Waals surface area (Å²) in [5.74, 6) is 0. The minimum Gasteiger partial charge on any atom is -0.389 e. The van der Waals surface area contributed by atoms with Crippen molar-refractivity contribution in [3.8, 4) is 0 Å². The van der Waals surface area contributed by atoms with E-state index in [-0.39, 0.29) is 5.41 Å². The van der Waals surface area contributed by atoms with Gasteiger partial charge in [-0.05, 0) is 37.7 Å². The molecular formula is C16H22O2. The van der Waals surface area contributed by atoms with Crippen molar-refractivity contribution in [1.82, 2.24) is 0 Å². The molecule has 1 aromatic rings. The van der Waals surface area contributed by atoms with Crippen LogP contribution in [0.4, 0.5) is 0 Å². The van der Waals surface area contributed by atoms with E-state index in [0.717, 1.165) is 45.3 Å². The second-order valence-corrected chi connectivity index (χ2v) is 5.94. The number of rotatable bonds is 2. The Kier molecular flexibility index (Phi) is 3.16. The average molecular weight is 246 g/mol. The van der Waals surface area contributed by atoms with Gasteiger partial charge in [-0.15, -0.1) is 0 Å². The van der Waals surface area contributed by atoms with E-state index in [1.54, 1.807) is 0 Å². The van der Waals surface area contributed by atoms with Gasteiger partial charge in [-0.25, -0.2) is 0 Å². The van der Waals surface area contributed by atoms with Gasteiger partial charge in [-0.3, -0.25) is 0 Å². The van der Waals surface area contributed by atoms with Gasteiger partial charge in [0.25, 0.3) is 0 Å². The molecular weight excluding hydrogens is 224 g/mol. The van der Waals surface area contributed by atoms with Gasteiger partial charge < -0.3 is 9.84 Å². The van der Waals surface area contributed by atoms with Gasteiger partial charge in [0.05, 0.1) is 5.60 Å². The first kappa shape index (κ1) is 12.2. The molecule has 3 rings (SSSR count). The molecule has 1 saturated carbocycles. The zero-order chi connectivity index (χ0) is 12.5. The first-order valence-corrected chi connectivity index (χ1v) is 7.08. The quantitative estimate of drug-likeness (QED) is 0.869. The lowest BCUT2D eigenvalue weighted by Gasteiger charge is -2.45. The highest BCUT2D eigenvalue weighted by Gasteiger charge is 2.53. The maximum absolute atomic E-state index is 11.2. The lowest BCUT2D eigenvalue weighted by molar-refractivity contribution is -0.113. The molecule has 2 fully saturated rings. The number of hydrogen-bond acceptors (Lipinski definition) is 2. The minimum absolute atomic E-state index is 0.112. The zero-order valence-corrected chi connectivity index (χ0v) is 10.9. The number of ether oxygens (including phenoxy) is 1. The largest absolute Gasteiger partial charge is 0.389 e. The second-order valence-electron chi connectivity index (χ2n) is 5.94. The first-order valence-electron chi connectivity index (χ1n) is 7.08. The summed E-state index contributed by atoms with van der Waals surface area (Å²) in [5.41, 5.74) is 0.854. The molecule has 0 radical (unpaired) electrons. The van der Waals surface area contributed by atoms with E-state index >= 15 is 0 Å². The van der Waals surface area contributed by atoms with E-state index in [0.29, 0.717) is 0 Å². The molecule has 2 nitrogen and oxygen atoms in total. The fourth-order valence-corrected chi connectivity index (χ4v) is 3.90. The van der Waals surface area contributed by atoms with Crippen LogP contribution in [-0.2, 0) is 11.2 Å². The van der Waals surface area contributed by atoms with E-state index in [4.69, 9.17) is 4.74 Å². The highest BCUT2D eigenvalue weighted by Crippen LogP contribution is 2.53. The Morgan fingerprint density at radius 3 is 2.44 bits per heavy atom. The third-order valence-corrected chi connectivity index (χ3v) is 5.02. The van der Waals surface area contributed by atoms with E-state index in [9.17, 15) is 5.11 Å². The fraction of sp³-hybridized carbons (Fsp3) is 0.625. The third kappa shape index (κ3) is 1.98. The third-order valence-electron chi connectivity index (χ3n) is 5.02. The normalized spacial score (nSPS) is 30.7. The van der Waals surface area contributed by atoms with Crippen LogP contribution in [0.5, 0.6) is 0 Å². The molecule has 1 unspecified atom stereocenters. The molecule has 2 aliphatic rings. The van der Waals surface area contributed by atoms with Crippen molar-refractivity contribution < 1.29 is 9.84 Å². The van der Waals surface area contributed by atoms with Gasteiger partial charge in [0.1, 0.15) is 0 Å². The summed E-state index contributed by atoms with van der Waals surface area (Å²) in [7, 11) is 0. The fourth-order valence-electron chi connectivity index (χ4n) is 3.90. The van der Waals surface area contributed by atoms with Crippen LogP contribution in [0.2, 0.25) is 0 Å². The van der Waals surface area contributed by atoms with Gasteiger partial charge in [0.2, 0.25) is 0 Å². The van der Waals surface area contributed by atoms with E-state index in [1.807, 2.05) is 6.07 Å². The molecule has 98 valence electrons. The Hall–Kier alpha value is -0.860. The van der Waals surface area contributed by atoms with Crippen molar-refractivity contribution in [2.45, 2.75) is 44.1 Å². The molecule has 1 aromatic carbocycles. The predicted octanol–water partition coefficient (Wildman–Crippen LogP) is 2.94. The molecule has 18 heavy (non-hydrogen) atoms. The maximum atomic E-state index is 11.2. The predicted molar refractivity (Wildman–Crippen MR) is 71.4 cm³/mol. The van der Waals surface area contributed by atoms with Crippen LogP contribution in [0.1, 0.15) is 37.7 Å². The van der Waals surface area contributed by atoms with Crippen molar-refractivity contribution in [2.75, 3.05) is 13.2 Å². The van der Waals surface area contributed by atoms with Crippen LogP contribution in [0.3, 0.4) is 0 Å². The maximum Gasteiger partial charge on any atom is 0.0745 e. The lowest BCUT2D eigenvalue weighted by Crippen LogP contribution is -2.48. The van der Waals surface area contributed by atoms with Crippen molar-refractivity contribution in [1.29, 1.82) is 0 Å². The van der Waals surface area contributed by atoms with Crippen molar-refractivity contribution in [2.24, 2.45) is 5.41 Å². The Morgan fingerprint density at radius 1 is 1.00 bits per heavy atom. The van der Waals surface area contributed by atoms with Crippen LogP contribution in [-0.4, -0.2) is 23.9 Å². The van der Waals surface area contributed by atoms with Crippen molar-refractivity contribution in [3.63, 3.8) is 0 Å². The molecule has 1 spiro atoms. The standard InChI is InChI=1S/C16H22O2/c17-16(13-14-5-2-1-3-6-14)8-4-7-15(16)9-11-18-12-10-15/h1-3,5-6,17H,4,7-13H2. The topological polar surface area (TPSA) is 29.5 Å². The van der Waals surface area contributed by atoms with Crippen LogP contribution >= 0.6 is 0 Å². The van der Waals surface area contributed by atoms with Gasteiger partial charge in [0, 0.05) is 25.0 Å². The Bertz CT molecular complexity index is 395.